The summed E-state index contributed by atoms with van der Waals surface area (Å²) in [5.41, 5.74) is 0.531. The Morgan fingerprint density at radius 3 is 2.76 bits per heavy atom. The molecule has 0 heterocycles. The van der Waals surface area contributed by atoms with Crippen LogP contribution in [0, 0.1) is 16.7 Å². The van der Waals surface area contributed by atoms with Crippen LogP contribution in [0.3, 0.4) is 0 Å². The molecule has 6 heteroatoms. The quantitative estimate of drug-likeness (QED) is 0.701. The maximum atomic E-state index is 12.2. The number of nitrogens with one attached hydrogen (secondary N) is 1. The second kappa shape index (κ2) is 6.56. The number of nitrogens with zero attached hydrogens (tertiary/aromatic N) is 1. The zero-order valence-corrected chi connectivity index (χ0v) is 12.7. The Hall–Kier alpha value is -1.42. The molecule has 1 aromatic carbocycles. The monoisotopic (exact) mass is 308 g/mol. The molecule has 0 unspecified atom stereocenters. The van der Waals surface area contributed by atoms with Crippen LogP contribution in [0.1, 0.15) is 24.8 Å². The van der Waals surface area contributed by atoms with Crippen LogP contribution in [-0.2, 0) is 9.84 Å². The number of sulfone groups is 1. The van der Waals surface area contributed by atoms with E-state index in [2.05, 4.69) is 5.32 Å². The Morgan fingerprint density at radius 1 is 1.38 bits per heavy atom. The lowest BCUT2D eigenvalue weighted by Crippen LogP contribution is -2.29. The smallest absolute Gasteiger partial charge is 0.179 e. The number of hydrogen-bond acceptors (Lipinski definition) is 5. The third-order valence-electron chi connectivity index (χ3n) is 3.97. The largest absolute Gasteiger partial charge is 0.396 e. The van der Waals surface area contributed by atoms with E-state index in [9.17, 15) is 8.42 Å². The molecular weight excluding hydrogens is 288 g/mol. The molecule has 2 rings (SSSR count). The first-order chi connectivity index (χ1) is 10.0. The average Bonchev–Trinajstić information content (AvgIpc) is 3.24. The van der Waals surface area contributed by atoms with E-state index < -0.39 is 9.84 Å². The Morgan fingerprint density at radius 2 is 2.14 bits per heavy atom. The topological polar surface area (TPSA) is 90.2 Å². The number of aliphatic hydroxyl groups is 1. The highest BCUT2D eigenvalue weighted by Gasteiger charge is 2.41. The Balaban J connectivity index is 1.86. The molecule has 1 saturated carbocycles. The van der Waals surface area contributed by atoms with Gasteiger partial charge >= 0.3 is 0 Å². The van der Waals surface area contributed by atoms with Gasteiger partial charge in [0.05, 0.1) is 22.3 Å². The van der Waals surface area contributed by atoms with Gasteiger partial charge in [-0.2, -0.15) is 5.26 Å². The summed E-state index contributed by atoms with van der Waals surface area (Å²) >= 11 is 0. The molecule has 0 radical (unpaired) electrons. The predicted molar refractivity (Wildman–Crippen MR) is 79.4 cm³/mol. The summed E-state index contributed by atoms with van der Waals surface area (Å²) in [5, 5.41) is 21.0. The lowest BCUT2D eigenvalue weighted by molar-refractivity contribution is 0.246. The molecule has 1 fully saturated rings. The SMILES string of the molecule is N#Cc1cccc(S(=O)(=O)CCNCC2(CCO)CC2)c1. The minimum absolute atomic E-state index is 0.0110. The number of hydrogen-bond donors (Lipinski definition) is 2. The first kappa shape index (κ1) is 16.0. The van der Waals surface area contributed by atoms with Gasteiger partial charge in [-0.1, -0.05) is 6.07 Å². The molecule has 0 aliphatic heterocycles. The van der Waals surface area contributed by atoms with Gasteiger partial charge in [-0.3, -0.25) is 0 Å². The van der Waals surface area contributed by atoms with E-state index in [1.165, 1.54) is 12.1 Å². The van der Waals surface area contributed by atoms with E-state index in [0.29, 0.717) is 12.1 Å². The van der Waals surface area contributed by atoms with Crippen molar-refractivity contribution >= 4 is 9.84 Å². The summed E-state index contributed by atoms with van der Waals surface area (Å²) in [6.07, 6.45) is 2.96. The minimum atomic E-state index is -3.37. The fourth-order valence-electron chi connectivity index (χ4n) is 2.37. The molecule has 0 amide bonds. The van der Waals surface area contributed by atoms with Gasteiger partial charge in [0.25, 0.3) is 0 Å². The van der Waals surface area contributed by atoms with Crippen LogP contribution >= 0.6 is 0 Å². The molecule has 0 bridgehead atoms. The van der Waals surface area contributed by atoms with Crippen molar-refractivity contribution in [2.24, 2.45) is 5.41 Å². The van der Waals surface area contributed by atoms with Crippen molar-refractivity contribution in [3.8, 4) is 6.07 Å². The zero-order valence-electron chi connectivity index (χ0n) is 11.9. The average molecular weight is 308 g/mol. The van der Waals surface area contributed by atoms with Gasteiger partial charge in [-0.25, -0.2) is 8.42 Å². The summed E-state index contributed by atoms with van der Waals surface area (Å²) in [7, 11) is -3.37. The van der Waals surface area contributed by atoms with Gasteiger partial charge < -0.3 is 10.4 Å². The normalized spacial score (nSPS) is 16.4. The van der Waals surface area contributed by atoms with E-state index in [4.69, 9.17) is 10.4 Å². The standard InChI is InChI=1S/C15H20N2O3S/c16-11-13-2-1-3-14(10-13)21(19,20)9-7-17-12-15(4-5-15)6-8-18/h1-3,10,17-18H,4-9,12H2. The van der Waals surface area contributed by atoms with E-state index in [-0.39, 0.29) is 22.7 Å². The molecule has 0 atom stereocenters. The summed E-state index contributed by atoms with van der Waals surface area (Å²) in [6, 6.07) is 8.04. The Labute approximate surface area is 125 Å². The van der Waals surface area contributed by atoms with Crippen LogP contribution in [0.2, 0.25) is 0 Å². The predicted octanol–water partition coefficient (Wildman–Crippen LogP) is 1.08. The van der Waals surface area contributed by atoms with Gasteiger partial charge in [-0.05, 0) is 42.9 Å². The summed E-state index contributed by atoms with van der Waals surface area (Å²) in [4.78, 5) is 0.194. The second-order valence-electron chi connectivity index (χ2n) is 5.61. The summed E-state index contributed by atoms with van der Waals surface area (Å²) in [6.45, 7) is 1.31. The molecular formula is C15H20N2O3S. The highest BCUT2D eigenvalue weighted by Crippen LogP contribution is 2.47. The van der Waals surface area contributed by atoms with Gasteiger partial charge in [0, 0.05) is 19.7 Å². The highest BCUT2D eigenvalue weighted by molar-refractivity contribution is 7.91. The third kappa shape index (κ3) is 4.27. The number of nitriles is 1. The number of rotatable bonds is 8. The first-order valence-electron chi connectivity index (χ1n) is 7.06. The number of benzene rings is 1. The van der Waals surface area contributed by atoms with Crippen molar-refractivity contribution in [3.05, 3.63) is 29.8 Å². The van der Waals surface area contributed by atoms with E-state index in [1.54, 1.807) is 12.1 Å². The van der Waals surface area contributed by atoms with Crippen LogP contribution < -0.4 is 5.32 Å². The van der Waals surface area contributed by atoms with E-state index in [1.807, 2.05) is 6.07 Å². The lowest BCUT2D eigenvalue weighted by atomic mass is 10.0. The molecule has 0 saturated heterocycles. The molecule has 1 aromatic rings. The van der Waals surface area contributed by atoms with Crippen LogP contribution in [0.5, 0.6) is 0 Å². The maximum absolute atomic E-state index is 12.2. The van der Waals surface area contributed by atoms with Crippen molar-refractivity contribution in [2.45, 2.75) is 24.2 Å². The molecule has 5 nitrogen and oxygen atoms in total. The molecule has 0 aromatic heterocycles. The van der Waals surface area contributed by atoms with Crippen molar-refractivity contribution < 1.29 is 13.5 Å². The summed E-state index contributed by atoms with van der Waals surface area (Å²) in [5.74, 6) is 0.0110. The molecule has 0 spiro atoms. The van der Waals surface area contributed by atoms with Gasteiger partial charge in [-0.15, -0.1) is 0 Å². The highest BCUT2D eigenvalue weighted by atomic mass is 32.2. The first-order valence-corrected chi connectivity index (χ1v) is 8.71. The maximum Gasteiger partial charge on any atom is 0.179 e. The summed E-state index contributed by atoms with van der Waals surface area (Å²) < 4.78 is 24.4. The molecule has 21 heavy (non-hydrogen) atoms. The van der Waals surface area contributed by atoms with Gasteiger partial charge in [0.2, 0.25) is 0 Å². The van der Waals surface area contributed by atoms with Gasteiger partial charge in [0.15, 0.2) is 9.84 Å². The zero-order chi connectivity index (χ0) is 15.3. The third-order valence-corrected chi connectivity index (χ3v) is 5.68. The van der Waals surface area contributed by atoms with Crippen molar-refractivity contribution in [3.63, 3.8) is 0 Å². The Bertz CT molecular complexity index is 631. The van der Waals surface area contributed by atoms with Crippen LogP contribution in [0.25, 0.3) is 0 Å². The van der Waals surface area contributed by atoms with Crippen LogP contribution in [-0.4, -0.2) is 39.0 Å². The second-order valence-corrected chi connectivity index (χ2v) is 7.72. The lowest BCUT2D eigenvalue weighted by Gasteiger charge is -2.14. The van der Waals surface area contributed by atoms with Crippen LogP contribution in [0.4, 0.5) is 0 Å². The molecule has 114 valence electrons. The number of aliphatic hydroxyl groups excluding tert-OH is 1. The van der Waals surface area contributed by atoms with Gasteiger partial charge in [0.1, 0.15) is 0 Å². The van der Waals surface area contributed by atoms with Crippen molar-refractivity contribution in [1.82, 2.24) is 5.32 Å². The Kier molecular flexibility index (Phi) is 4.99. The fourth-order valence-corrected chi connectivity index (χ4v) is 3.61. The van der Waals surface area contributed by atoms with E-state index >= 15 is 0 Å². The van der Waals surface area contributed by atoms with Crippen molar-refractivity contribution in [1.29, 1.82) is 5.26 Å². The van der Waals surface area contributed by atoms with Crippen molar-refractivity contribution in [2.75, 3.05) is 25.4 Å². The molecule has 1 aliphatic rings. The molecule has 2 N–H and O–H groups in total. The van der Waals surface area contributed by atoms with Crippen LogP contribution in [0.15, 0.2) is 29.2 Å². The van der Waals surface area contributed by atoms with E-state index in [0.717, 1.165) is 25.8 Å². The minimum Gasteiger partial charge on any atom is -0.396 e. The molecule has 1 aliphatic carbocycles. The fraction of sp³-hybridized carbons (Fsp3) is 0.533.